The number of aliphatic carboxylic acids is 2. The van der Waals surface area contributed by atoms with Crippen LogP contribution in [0.2, 0.25) is 0 Å². The molecule has 0 bridgehead atoms. The highest BCUT2D eigenvalue weighted by Gasteiger charge is 2.40. The van der Waals surface area contributed by atoms with E-state index in [0.29, 0.717) is 4.24 Å². The van der Waals surface area contributed by atoms with Crippen LogP contribution in [-0.2, 0) is 19.2 Å². The number of hydrogen-bond donors (Lipinski definition) is 4. The Morgan fingerprint density at radius 2 is 1.12 bits per heavy atom. The quantitative estimate of drug-likeness (QED) is 0.380. The molecule has 0 radical (unpaired) electrons. The minimum Gasteiger partial charge on any atom is -0.481 e. The van der Waals surface area contributed by atoms with Crippen LogP contribution in [0.4, 0.5) is 0 Å². The molecule has 6 N–H and O–H groups in total. The summed E-state index contributed by atoms with van der Waals surface area (Å²) in [6.45, 7) is 10.6. The van der Waals surface area contributed by atoms with E-state index in [1.54, 1.807) is 27.7 Å². The Morgan fingerprint density at radius 1 is 0.846 bits per heavy atom. The number of carbonyl (C=O) groups is 4. The Hall–Kier alpha value is -1.68. The smallest absolute Gasteiger partial charge is 0.304 e. The van der Waals surface area contributed by atoms with E-state index < -0.39 is 57.9 Å². The number of carbonyl (C=O) groups excluding carboxylic acids is 2. The summed E-state index contributed by atoms with van der Waals surface area (Å²) in [5, 5.41) is 18.0. The third kappa shape index (κ3) is 7.69. The predicted molar refractivity (Wildman–Crippen MR) is 102 cm³/mol. The molecule has 0 spiro atoms. The van der Waals surface area contributed by atoms with Crippen molar-refractivity contribution in [2.75, 3.05) is 0 Å². The van der Waals surface area contributed by atoms with Crippen LogP contribution in [-0.4, -0.2) is 43.5 Å². The van der Waals surface area contributed by atoms with Gasteiger partial charge in [-0.15, -0.1) is 23.5 Å². The van der Waals surface area contributed by atoms with Gasteiger partial charge >= 0.3 is 11.9 Å². The van der Waals surface area contributed by atoms with Crippen molar-refractivity contribution in [1.82, 2.24) is 0 Å². The van der Waals surface area contributed by atoms with Crippen molar-refractivity contribution in [2.24, 2.45) is 23.3 Å². The number of primary amides is 2. The molecule has 0 aliphatic rings. The van der Waals surface area contributed by atoms with Crippen LogP contribution in [0.3, 0.4) is 0 Å². The van der Waals surface area contributed by atoms with Crippen molar-refractivity contribution >= 4 is 47.3 Å². The van der Waals surface area contributed by atoms with Crippen LogP contribution in [0, 0.1) is 11.8 Å². The maximum atomic E-state index is 11.6. The Labute approximate surface area is 161 Å². The topological polar surface area (TPSA) is 161 Å². The lowest BCUT2D eigenvalue weighted by atomic mass is 9.91. The highest BCUT2D eigenvalue weighted by molar-refractivity contribution is 8.23. The molecule has 0 saturated heterocycles. The number of carboxylic acids is 2. The zero-order valence-corrected chi connectivity index (χ0v) is 16.9. The number of carboxylic acid groups (broad SMARTS) is 2. The van der Waals surface area contributed by atoms with Gasteiger partial charge in [0.05, 0.1) is 24.7 Å². The molecule has 2 atom stereocenters. The van der Waals surface area contributed by atoms with Gasteiger partial charge in [-0.2, -0.15) is 0 Å². The number of thioether (sulfide) groups is 2. The van der Waals surface area contributed by atoms with E-state index in [-0.39, 0.29) is 0 Å². The van der Waals surface area contributed by atoms with E-state index in [2.05, 4.69) is 6.58 Å². The molecule has 26 heavy (non-hydrogen) atoms. The SMILES string of the molecule is C=C(SC(C)(C)C(CC(=O)O)C(N)=O)SC(C)(C)C(CC(=O)O)C(N)=O. The van der Waals surface area contributed by atoms with Gasteiger partial charge < -0.3 is 21.7 Å². The minimum absolute atomic E-state index is 0.417. The van der Waals surface area contributed by atoms with E-state index in [9.17, 15) is 19.2 Å². The number of hydrogen-bond acceptors (Lipinski definition) is 6. The Bertz CT molecular complexity index is 554. The number of rotatable bonds is 12. The summed E-state index contributed by atoms with van der Waals surface area (Å²) in [7, 11) is 0. The molecule has 148 valence electrons. The average Bonchev–Trinajstić information content (AvgIpc) is 2.39. The van der Waals surface area contributed by atoms with Gasteiger partial charge in [0.1, 0.15) is 0 Å². The first-order valence-corrected chi connectivity index (χ1v) is 9.32. The molecule has 0 heterocycles. The van der Waals surface area contributed by atoms with E-state index in [1.165, 1.54) is 0 Å². The fourth-order valence-corrected chi connectivity index (χ4v) is 5.79. The summed E-state index contributed by atoms with van der Waals surface area (Å²) >= 11 is 2.32. The van der Waals surface area contributed by atoms with Crippen molar-refractivity contribution in [2.45, 2.75) is 50.0 Å². The van der Waals surface area contributed by atoms with Gasteiger partial charge in [-0.05, 0) is 27.7 Å². The fraction of sp³-hybridized carbons (Fsp3) is 0.625. The van der Waals surface area contributed by atoms with Crippen LogP contribution >= 0.6 is 23.5 Å². The summed E-state index contributed by atoms with van der Waals surface area (Å²) in [6.07, 6.45) is -0.834. The van der Waals surface area contributed by atoms with Crippen molar-refractivity contribution in [3.63, 3.8) is 0 Å². The highest BCUT2D eigenvalue weighted by atomic mass is 32.2. The first-order chi connectivity index (χ1) is 11.6. The molecule has 0 aromatic carbocycles. The van der Waals surface area contributed by atoms with Gasteiger partial charge in [-0.25, -0.2) is 0 Å². The summed E-state index contributed by atoms with van der Waals surface area (Å²) in [6, 6.07) is 0. The standard InChI is InChI=1S/C16H26N2O6S2/c1-8(25-15(2,3)9(13(17)23)6-11(19)20)26-16(4,5)10(14(18)24)7-12(21)22/h9-10H,1,6-7H2,2-5H3,(H2,17,23)(H2,18,24)(H,19,20)(H,21,22). The van der Waals surface area contributed by atoms with Crippen LogP contribution in [0.15, 0.2) is 10.8 Å². The lowest BCUT2D eigenvalue weighted by molar-refractivity contribution is -0.141. The summed E-state index contributed by atoms with van der Waals surface area (Å²) < 4.78 is -1.23. The van der Waals surface area contributed by atoms with Crippen LogP contribution in [0.5, 0.6) is 0 Å². The average molecular weight is 407 g/mol. The molecule has 0 fully saturated rings. The number of amides is 2. The molecule has 0 saturated carbocycles. The summed E-state index contributed by atoms with van der Waals surface area (Å²) in [5.41, 5.74) is 10.7. The largest absolute Gasteiger partial charge is 0.481 e. The summed E-state index contributed by atoms with van der Waals surface area (Å²) in [5.74, 6) is -5.62. The maximum Gasteiger partial charge on any atom is 0.304 e. The van der Waals surface area contributed by atoms with Crippen LogP contribution in [0.25, 0.3) is 0 Å². The third-order valence-corrected chi connectivity index (χ3v) is 6.45. The number of nitrogens with two attached hydrogens (primary N) is 2. The van der Waals surface area contributed by atoms with Gasteiger partial charge in [-0.1, -0.05) is 6.58 Å². The molecule has 0 rings (SSSR count). The van der Waals surface area contributed by atoms with Gasteiger partial charge in [0.2, 0.25) is 11.8 Å². The van der Waals surface area contributed by atoms with Crippen molar-refractivity contribution in [3.05, 3.63) is 10.8 Å². The molecule has 8 nitrogen and oxygen atoms in total. The van der Waals surface area contributed by atoms with E-state index in [1.807, 2.05) is 0 Å². The molecule has 0 aromatic rings. The first kappa shape index (κ1) is 24.3. The lowest BCUT2D eigenvalue weighted by Gasteiger charge is -2.35. The highest BCUT2D eigenvalue weighted by Crippen LogP contribution is 2.48. The van der Waals surface area contributed by atoms with E-state index in [4.69, 9.17) is 21.7 Å². The third-order valence-electron chi connectivity index (χ3n) is 3.88. The molecule has 0 aliphatic carbocycles. The molecular formula is C16H26N2O6S2. The van der Waals surface area contributed by atoms with Crippen molar-refractivity contribution in [3.8, 4) is 0 Å². The van der Waals surface area contributed by atoms with Gasteiger partial charge in [0.15, 0.2) is 0 Å². The normalized spacial score (nSPS) is 14.3. The molecule has 0 aliphatic heterocycles. The minimum atomic E-state index is -1.14. The Kier molecular flexibility index (Phi) is 8.71. The molecular weight excluding hydrogens is 380 g/mol. The lowest BCUT2D eigenvalue weighted by Crippen LogP contribution is -2.41. The van der Waals surface area contributed by atoms with E-state index in [0.717, 1.165) is 23.5 Å². The van der Waals surface area contributed by atoms with Crippen LogP contribution in [0.1, 0.15) is 40.5 Å². The Balaban J connectivity index is 5.29. The molecule has 2 amide bonds. The van der Waals surface area contributed by atoms with Crippen molar-refractivity contribution < 1.29 is 29.4 Å². The van der Waals surface area contributed by atoms with Crippen LogP contribution < -0.4 is 11.5 Å². The molecule has 0 aromatic heterocycles. The summed E-state index contributed by atoms with van der Waals surface area (Å²) in [4.78, 5) is 45.3. The van der Waals surface area contributed by atoms with Crippen molar-refractivity contribution in [1.29, 1.82) is 0 Å². The zero-order valence-electron chi connectivity index (χ0n) is 15.3. The zero-order chi connectivity index (χ0) is 20.9. The first-order valence-electron chi connectivity index (χ1n) is 7.69. The second kappa shape index (κ2) is 9.31. The fourth-order valence-electron chi connectivity index (χ4n) is 2.48. The second-order valence-electron chi connectivity index (χ2n) is 6.89. The van der Waals surface area contributed by atoms with E-state index >= 15 is 0 Å². The second-order valence-corrected chi connectivity index (χ2v) is 10.6. The predicted octanol–water partition coefficient (Wildman–Crippen LogP) is 1.63. The van der Waals surface area contributed by atoms with Gasteiger partial charge in [0.25, 0.3) is 0 Å². The van der Waals surface area contributed by atoms with Gasteiger partial charge in [0, 0.05) is 13.7 Å². The molecule has 10 heteroatoms. The monoisotopic (exact) mass is 406 g/mol. The maximum absolute atomic E-state index is 11.6. The molecule has 2 unspecified atom stereocenters. The Morgan fingerprint density at radius 3 is 1.31 bits per heavy atom. The van der Waals surface area contributed by atoms with Gasteiger partial charge in [-0.3, -0.25) is 19.2 Å².